The molecule has 0 aliphatic carbocycles. The maximum atomic E-state index is 4.06. The first kappa shape index (κ1) is 6.04. The fourth-order valence-electron chi connectivity index (χ4n) is 0.406. The molecule has 8 heavy (non-hydrogen) atoms. The predicted molar refractivity (Wildman–Crippen MR) is 37.3 cm³/mol. The topological polar surface area (TPSA) is 25.8 Å². The molecule has 0 saturated heterocycles. The number of rotatable bonds is 1. The zero-order valence-electron chi connectivity index (χ0n) is 4.46. The van der Waals surface area contributed by atoms with E-state index in [9.17, 15) is 0 Å². The molecule has 0 unspecified atom stereocenters. The van der Waals surface area contributed by atoms with Gasteiger partial charge in [0, 0.05) is 0 Å². The Bertz CT molecular complexity index is 172. The van der Waals surface area contributed by atoms with E-state index in [1.54, 1.807) is 0 Å². The summed E-state index contributed by atoms with van der Waals surface area (Å²) >= 11 is 5.42. The van der Waals surface area contributed by atoms with Gasteiger partial charge in [0.15, 0.2) is 5.82 Å². The van der Waals surface area contributed by atoms with Gasteiger partial charge in [-0.25, -0.2) is 4.98 Å². The summed E-state index contributed by atoms with van der Waals surface area (Å²) in [5, 5.41) is 1.01. The summed E-state index contributed by atoms with van der Waals surface area (Å²) in [6.45, 7) is 1.94. The van der Waals surface area contributed by atoms with E-state index in [1.807, 2.05) is 6.92 Å². The van der Waals surface area contributed by atoms with Crippen molar-refractivity contribution in [2.24, 2.45) is 0 Å². The Kier molecular flexibility index (Phi) is 1.85. The molecule has 0 N–H and O–H groups in total. The molecule has 1 heterocycles. The highest BCUT2D eigenvalue weighted by atomic mass is 32.1. The number of aryl methyl sites for hydroxylation is 1. The van der Waals surface area contributed by atoms with Crippen molar-refractivity contribution in [3.63, 3.8) is 0 Å². The van der Waals surface area contributed by atoms with Gasteiger partial charge in [-0.15, -0.1) is 0 Å². The van der Waals surface area contributed by atoms with E-state index in [1.165, 1.54) is 11.5 Å². The highest BCUT2D eigenvalue weighted by Gasteiger charge is 1.93. The lowest BCUT2D eigenvalue weighted by Gasteiger charge is -1.76. The van der Waals surface area contributed by atoms with Crippen LogP contribution in [0.2, 0.25) is 0 Å². The average molecular weight is 146 g/mol. The van der Waals surface area contributed by atoms with Gasteiger partial charge in [0.1, 0.15) is 5.01 Å². The van der Waals surface area contributed by atoms with Crippen molar-refractivity contribution in [1.82, 2.24) is 9.36 Å². The highest BCUT2D eigenvalue weighted by Crippen LogP contribution is 2.03. The van der Waals surface area contributed by atoms with Crippen LogP contribution in [0, 0.1) is 6.92 Å². The first-order valence-electron chi connectivity index (χ1n) is 2.23. The Morgan fingerprint density at radius 3 is 2.75 bits per heavy atom. The Labute approximate surface area is 57.5 Å². The molecule has 1 aromatic heterocycles. The molecule has 0 radical (unpaired) electrons. The number of nitrogens with zero attached hydrogens (tertiary/aromatic N) is 2. The number of hydrogen-bond acceptors (Lipinski definition) is 4. The first-order chi connectivity index (χ1) is 3.83. The van der Waals surface area contributed by atoms with Crippen molar-refractivity contribution in [2.45, 2.75) is 12.7 Å². The van der Waals surface area contributed by atoms with Crippen LogP contribution in [0.25, 0.3) is 0 Å². The first-order valence-corrected chi connectivity index (χ1v) is 3.63. The van der Waals surface area contributed by atoms with Gasteiger partial charge in [-0.05, 0) is 18.5 Å². The van der Waals surface area contributed by atoms with E-state index in [0.29, 0.717) is 5.75 Å². The second kappa shape index (κ2) is 2.46. The largest absolute Gasteiger partial charge is 0.224 e. The highest BCUT2D eigenvalue weighted by molar-refractivity contribution is 7.79. The lowest BCUT2D eigenvalue weighted by atomic mass is 10.7. The molecule has 1 aromatic rings. The average Bonchev–Trinajstić information content (AvgIpc) is 2.14. The fourth-order valence-corrected chi connectivity index (χ4v) is 1.13. The molecule has 0 aromatic carbocycles. The Morgan fingerprint density at radius 2 is 2.50 bits per heavy atom. The quantitative estimate of drug-likeness (QED) is 0.604. The normalized spacial score (nSPS) is 9.75. The van der Waals surface area contributed by atoms with Gasteiger partial charge < -0.3 is 0 Å². The van der Waals surface area contributed by atoms with Crippen LogP contribution in [0.3, 0.4) is 0 Å². The minimum absolute atomic E-state index is 0.643. The monoisotopic (exact) mass is 146 g/mol. The standard InChI is InChI=1S/C4H6N2S2/c1-3-5-4(2-7)6-8-3/h7H,2H2,1H3. The number of thiol groups is 1. The summed E-state index contributed by atoms with van der Waals surface area (Å²) in [6.07, 6.45) is 0. The van der Waals surface area contributed by atoms with Crippen molar-refractivity contribution in [2.75, 3.05) is 0 Å². The van der Waals surface area contributed by atoms with E-state index >= 15 is 0 Å². The SMILES string of the molecule is Cc1nc(CS)ns1. The smallest absolute Gasteiger partial charge is 0.152 e. The van der Waals surface area contributed by atoms with Crippen LogP contribution in [0.1, 0.15) is 10.8 Å². The molecule has 0 atom stereocenters. The van der Waals surface area contributed by atoms with E-state index in [0.717, 1.165) is 10.8 Å². The minimum atomic E-state index is 0.643. The van der Waals surface area contributed by atoms with Crippen molar-refractivity contribution >= 4 is 24.2 Å². The van der Waals surface area contributed by atoms with Gasteiger partial charge >= 0.3 is 0 Å². The second-order valence-corrected chi connectivity index (χ2v) is 2.66. The zero-order chi connectivity index (χ0) is 5.98. The molecule has 0 amide bonds. The molecule has 44 valence electrons. The van der Waals surface area contributed by atoms with Crippen molar-refractivity contribution in [1.29, 1.82) is 0 Å². The molecule has 1 rings (SSSR count). The summed E-state index contributed by atoms with van der Waals surface area (Å²) in [5.74, 6) is 1.47. The van der Waals surface area contributed by atoms with Gasteiger partial charge in [0.2, 0.25) is 0 Å². The van der Waals surface area contributed by atoms with Crippen LogP contribution in [0.4, 0.5) is 0 Å². The van der Waals surface area contributed by atoms with Crippen LogP contribution in [-0.2, 0) is 5.75 Å². The third kappa shape index (κ3) is 1.20. The lowest BCUT2D eigenvalue weighted by molar-refractivity contribution is 1.11. The zero-order valence-corrected chi connectivity index (χ0v) is 6.17. The van der Waals surface area contributed by atoms with E-state index < -0.39 is 0 Å². The van der Waals surface area contributed by atoms with Gasteiger partial charge in [0.05, 0.1) is 5.75 Å². The maximum absolute atomic E-state index is 4.06. The van der Waals surface area contributed by atoms with Gasteiger partial charge in [-0.3, -0.25) is 0 Å². The number of hydrogen-bond donors (Lipinski definition) is 1. The summed E-state index contributed by atoms with van der Waals surface area (Å²) in [4.78, 5) is 4.06. The second-order valence-electron chi connectivity index (χ2n) is 1.39. The summed E-state index contributed by atoms with van der Waals surface area (Å²) in [6, 6.07) is 0. The minimum Gasteiger partial charge on any atom is -0.224 e. The van der Waals surface area contributed by atoms with Gasteiger partial charge in [-0.2, -0.15) is 17.0 Å². The van der Waals surface area contributed by atoms with Crippen LogP contribution < -0.4 is 0 Å². The van der Waals surface area contributed by atoms with Crippen LogP contribution in [-0.4, -0.2) is 9.36 Å². The molecular weight excluding hydrogens is 140 g/mol. The number of aromatic nitrogens is 2. The molecule has 0 saturated carbocycles. The van der Waals surface area contributed by atoms with E-state index in [-0.39, 0.29) is 0 Å². The summed E-state index contributed by atoms with van der Waals surface area (Å²) in [7, 11) is 0. The molecule has 0 fully saturated rings. The summed E-state index contributed by atoms with van der Waals surface area (Å²) < 4.78 is 3.99. The summed E-state index contributed by atoms with van der Waals surface area (Å²) in [5.41, 5.74) is 0. The van der Waals surface area contributed by atoms with Gasteiger partial charge in [0.25, 0.3) is 0 Å². The molecule has 0 bridgehead atoms. The molecule has 0 spiro atoms. The lowest BCUT2D eigenvalue weighted by Crippen LogP contribution is -1.78. The Morgan fingerprint density at radius 1 is 1.75 bits per heavy atom. The third-order valence-corrected chi connectivity index (χ3v) is 1.65. The van der Waals surface area contributed by atoms with E-state index in [4.69, 9.17) is 0 Å². The maximum Gasteiger partial charge on any atom is 0.152 e. The Hall–Kier alpha value is -0.0900. The molecule has 0 aliphatic heterocycles. The van der Waals surface area contributed by atoms with E-state index in [2.05, 4.69) is 22.0 Å². The van der Waals surface area contributed by atoms with Crippen molar-refractivity contribution in [3.8, 4) is 0 Å². The Balaban J connectivity index is 2.84. The van der Waals surface area contributed by atoms with Crippen LogP contribution in [0.5, 0.6) is 0 Å². The van der Waals surface area contributed by atoms with Crippen LogP contribution in [0.15, 0.2) is 0 Å². The molecule has 4 heteroatoms. The van der Waals surface area contributed by atoms with Crippen molar-refractivity contribution < 1.29 is 0 Å². The molecule has 2 nitrogen and oxygen atoms in total. The van der Waals surface area contributed by atoms with Crippen LogP contribution >= 0.6 is 24.2 Å². The van der Waals surface area contributed by atoms with Crippen molar-refractivity contribution in [3.05, 3.63) is 10.8 Å². The molecular formula is C4H6N2S2. The predicted octanol–water partition coefficient (Wildman–Crippen LogP) is 1.28. The molecule has 0 aliphatic rings. The van der Waals surface area contributed by atoms with Gasteiger partial charge in [-0.1, -0.05) is 0 Å². The third-order valence-electron chi connectivity index (χ3n) is 0.711. The fraction of sp³-hybridized carbons (Fsp3) is 0.500.